The number of fused-ring (bicyclic) bond motifs is 3. The number of ketones is 2. The second-order valence-corrected chi connectivity index (χ2v) is 11.6. The van der Waals surface area contributed by atoms with Gasteiger partial charge >= 0.3 is 0 Å². The number of aromatic hydroxyl groups is 1. The van der Waals surface area contributed by atoms with Crippen LogP contribution >= 0.6 is 11.6 Å². The van der Waals surface area contributed by atoms with Crippen LogP contribution in [0.5, 0.6) is 5.75 Å². The molecule has 0 spiro atoms. The van der Waals surface area contributed by atoms with E-state index in [-0.39, 0.29) is 35.8 Å². The fraction of sp³-hybridized carbons (Fsp3) is 0.536. The molecule has 0 radical (unpaired) electrons. The summed E-state index contributed by atoms with van der Waals surface area (Å²) < 4.78 is 5.53. The Balaban J connectivity index is 1.62. The standard InChI is InChI=1S/C28H34ClN3O8/c1-4-32(14-5-6-40-11-14)10-13-9-17(33)19-15(21(13)29)7-12-8-16-22(31(2)3)24(35)20(27(30)38)26(37)28(16,39)25(36)18(12)23(19)34/h9,12,14,16,22,33-34,37,39H,4-8,10-11H2,1-3H3,(H2,30,38)/t12-,14+,16-,22-,28-/m0/s1. The van der Waals surface area contributed by atoms with Crippen LogP contribution in [0.4, 0.5) is 0 Å². The highest BCUT2D eigenvalue weighted by Gasteiger charge is 2.64. The first kappa shape index (κ1) is 28.6. The number of hydrogen-bond donors (Lipinski definition) is 5. The van der Waals surface area contributed by atoms with Crippen LogP contribution < -0.4 is 5.73 Å². The molecule has 1 amide bonds. The molecule has 5 atom stereocenters. The molecule has 1 saturated heterocycles. The summed E-state index contributed by atoms with van der Waals surface area (Å²) >= 11 is 6.89. The number of likely N-dealkylation sites (N-methyl/N-ethyl adjacent to an activating group) is 2. The van der Waals surface area contributed by atoms with Crippen molar-refractivity contribution in [1.29, 1.82) is 0 Å². The van der Waals surface area contributed by atoms with Crippen molar-refractivity contribution in [1.82, 2.24) is 9.80 Å². The molecule has 3 aliphatic carbocycles. The maximum atomic E-state index is 13.9. The first-order valence-corrected chi connectivity index (χ1v) is 13.7. The number of nitrogens with zero attached hydrogens (tertiary/aromatic N) is 2. The van der Waals surface area contributed by atoms with Gasteiger partial charge in [0.1, 0.15) is 22.8 Å². The number of nitrogens with two attached hydrogens (primary N) is 1. The highest BCUT2D eigenvalue weighted by atomic mass is 35.5. The molecule has 40 heavy (non-hydrogen) atoms. The number of aliphatic hydroxyl groups excluding tert-OH is 2. The average molecular weight is 576 g/mol. The minimum Gasteiger partial charge on any atom is -0.508 e. The third-order valence-electron chi connectivity index (χ3n) is 8.93. The summed E-state index contributed by atoms with van der Waals surface area (Å²) in [5, 5.41) is 45.3. The lowest BCUT2D eigenvalue weighted by atomic mass is 9.57. The topological polar surface area (TPSA) is 174 Å². The average Bonchev–Trinajstić information content (AvgIpc) is 3.41. The van der Waals surface area contributed by atoms with Gasteiger partial charge in [0, 0.05) is 35.7 Å². The van der Waals surface area contributed by atoms with Crippen LogP contribution in [0.15, 0.2) is 23.0 Å². The first-order valence-electron chi connectivity index (χ1n) is 13.3. The molecule has 1 aliphatic heterocycles. The zero-order valence-corrected chi connectivity index (χ0v) is 23.4. The van der Waals surface area contributed by atoms with Crippen molar-refractivity contribution >= 4 is 34.8 Å². The molecule has 1 aromatic carbocycles. The van der Waals surface area contributed by atoms with E-state index < -0.39 is 58.0 Å². The molecule has 5 rings (SSSR count). The summed E-state index contributed by atoms with van der Waals surface area (Å²) in [6, 6.07) is 0.538. The molecule has 1 heterocycles. The number of phenols is 1. The molecular formula is C28H34ClN3O8. The summed E-state index contributed by atoms with van der Waals surface area (Å²) in [5.74, 6) is -6.88. The molecule has 2 fully saturated rings. The summed E-state index contributed by atoms with van der Waals surface area (Å²) in [6.07, 6.45) is 1.04. The molecule has 0 unspecified atom stereocenters. The highest BCUT2D eigenvalue weighted by Crippen LogP contribution is 2.53. The first-order chi connectivity index (χ1) is 18.8. The number of hydrogen-bond acceptors (Lipinski definition) is 10. The van der Waals surface area contributed by atoms with Gasteiger partial charge in [-0.2, -0.15) is 0 Å². The number of ether oxygens (including phenoxy) is 1. The zero-order valence-electron chi connectivity index (χ0n) is 22.6. The van der Waals surface area contributed by atoms with Crippen LogP contribution in [0.1, 0.15) is 36.5 Å². The number of rotatable bonds is 6. The maximum Gasteiger partial charge on any atom is 0.255 e. The summed E-state index contributed by atoms with van der Waals surface area (Å²) in [6.45, 7) is 4.49. The Morgan fingerprint density at radius 2 is 1.95 bits per heavy atom. The predicted octanol–water partition coefficient (Wildman–Crippen LogP) is 1.23. The fourth-order valence-corrected chi connectivity index (χ4v) is 7.28. The highest BCUT2D eigenvalue weighted by molar-refractivity contribution is 6.32. The minimum absolute atomic E-state index is 0.00752. The number of benzene rings is 1. The quantitative estimate of drug-likeness (QED) is 0.310. The van der Waals surface area contributed by atoms with Gasteiger partial charge < -0.3 is 30.9 Å². The van der Waals surface area contributed by atoms with Gasteiger partial charge in [-0.05, 0) is 63.0 Å². The van der Waals surface area contributed by atoms with E-state index >= 15 is 0 Å². The van der Waals surface area contributed by atoms with E-state index in [2.05, 4.69) is 4.90 Å². The van der Waals surface area contributed by atoms with Crippen LogP contribution in [0, 0.1) is 11.8 Å². The Hall–Kier alpha value is -2.96. The summed E-state index contributed by atoms with van der Waals surface area (Å²) in [4.78, 5) is 42.9. The predicted molar refractivity (Wildman–Crippen MR) is 145 cm³/mol. The lowest BCUT2D eigenvalue weighted by Crippen LogP contribution is -2.65. The largest absolute Gasteiger partial charge is 0.508 e. The van der Waals surface area contributed by atoms with Gasteiger partial charge in [-0.3, -0.25) is 24.2 Å². The number of Topliss-reactive ketones (excluding diaryl/α,β-unsaturated/α-hetero) is 2. The molecule has 1 saturated carbocycles. The number of aliphatic hydroxyl groups is 3. The second-order valence-electron chi connectivity index (χ2n) is 11.3. The van der Waals surface area contributed by atoms with Gasteiger partial charge in [-0.25, -0.2) is 0 Å². The van der Waals surface area contributed by atoms with Crippen molar-refractivity contribution in [3.63, 3.8) is 0 Å². The van der Waals surface area contributed by atoms with E-state index in [1.807, 2.05) is 6.92 Å². The van der Waals surface area contributed by atoms with Crippen LogP contribution in [-0.4, -0.2) is 99.2 Å². The molecule has 11 nitrogen and oxygen atoms in total. The Labute approximate surface area is 236 Å². The normalized spacial score (nSPS) is 30.2. The Morgan fingerprint density at radius 1 is 1.25 bits per heavy atom. The van der Waals surface area contributed by atoms with Gasteiger partial charge in [0.15, 0.2) is 11.4 Å². The van der Waals surface area contributed by atoms with Gasteiger partial charge in [0.2, 0.25) is 5.78 Å². The molecule has 0 bridgehead atoms. The lowest BCUT2D eigenvalue weighted by Gasteiger charge is -2.50. The Bertz CT molecular complexity index is 1370. The maximum absolute atomic E-state index is 13.9. The number of halogens is 1. The number of phenolic OH excluding ortho intramolecular Hbond substituents is 1. The minimum atomic E-state index is -2.67. The number of carbonyl (C=O) groups is 3. The van der Waals surface area contributed by atoms with Crippen molar-refractivity contribution in [3.05, 3.63) is 44.7 Å². The van der Waals surface area contributed by atoms with Crippen molar-refractivity contribution in [2.45, 2.75) is 50.4 Å². The van der Waals surface area contributed by atoms with Crippen LogP contribution in [0.3, 0.4) is 0 Å². The van der Waals surface area contributed by atoms with Crippen LogP contribution in [0.25, 0.3) is 5.76 Å². The van der Waals surface area contributed by atoms with Crippen molar-refractivity contribution in [3.8, 4) is 5.75 Å². The van der Waals surface area contributed by atoms with Gasteiger partial charge in [-0.15, -0.1) is 0 Å². The van der Waals surface area contributed by atoms with Gasteiger partial charge in [0.25, 0.3) is 5.91 Å². The molecular weight excluding hydrogens is 542 g/mol. The second kappa shape index (κ2) is 10.1. The summed E-state index contributed by atoms with van der Waals surface area (Å²) in [7, 11) is 3.12. The van der Waals surface area contributed by atoms with Crippen molar-refractivity contribution in [2.75, 3.05) is 33.9 Å². The number of amides is 1. The lowest BCUT2D eigenvalue weighted by molar-refractivity contribution is -0.153. The molecule has 12 heteroatoms. The van der Waals surface area contributed by atoms with Crippen molar-refractivity contribution < 1.29 is 39.5 Å². The van der Waals surface area contributed by atoms with Crippen LogP contribution in [-0.2, 0) is 32.1 Å². The fourth-order valence-electron chi connectivity index (χ4n) is 6.99. The smallest absolute Gasteiger partial charge is 0.255 e. The SMILES string of the molecule is CCN(Cc1cc(O)c2c(c1Cl)C[C@H]1C[C@H]3[C@H](N(C)C)C(=O)C(C(N)=O)=C(O)[C@@]3(O)C(=O)C1=C2O)[C@@H]1CCOC1. The number of primary amides is 1. The summed E-state index contributed by atoms with van der Waals surface area (Å²) in [5.41, 5.74) is 2.74. The van der Waals surface area contributed by atoms with E-state index in [4.69, 9.17) is 22.1 Å². The molecule has 1 aromatic rings. The Kier molecular flexibility index (Phi) is 7.25. The molecule has 6 N–H and O–H groups in total. The van der Waals surface area contributed by atoms with E-state index in [1.165, 1.54) is 11.0 Å². The van der Waals surface area contributed by atoms with E-state index in [1.54, 1.807) is 14.1 Å². The van der Waals surface area contributed by atoms with Crippen molar-refractivity contribution in [2.24, 2.45) is 17.6 Å². The third-order valence-corrected chi connectivity index (χ3v) is 9.40. The monoisotopic (exact) mass is 575 g/mol. The van der Waals surface area contributed by atoms with Gasteiger partial charge in [0.05, 0.1) is 18.2 Å². The molecule has 216 valence electrons. The van der Waals surface area contributed by atoms with Crippen LogP contribution in [0.2, 0.25) is 5.02 Å². The third kappa shape index (κ3) is 4.06. The Morgan fingerprint density at radius 3 is 2.52 bits per heavy atom. The van der Waals surface area contributed by atoms with E-state index in [0.29, 0.717) is 35.9 Å². The zero-order chi connectivity index (χ0) is 29.3. The molecule has 0 aromatic heterocycles. The van der Waals surface area contributed by atoms with Gasteiger partial charge in [-0.1, -0.05) is 18.5 Å². The van der Waals surface area contributed by atoms with E-state index in [9.17, 15) is 34.8 Å². The van der Waals surface area contributed by atoms with E-state index in [0.717, 1.165) is 13.0 Å². The number of carbonyl (C=O) groups excluding carboxylic acids is 3. The molecule has 4 aliphatic rings.